The van der Waals surface area contributed by atoms with Crippen LogP contribution in [0.5, 0.6) is 0 Å². The van der Waals surface area contributed by atoms with Crippen LogP contribution in [-0.2, 0) is 0 Å². The number of nitrogens with one attached hydrogen (secondary N) is 1. The molecule has 1 aliphatic carbocycles. The highest BCUT2D eigenvalue weighted by atomic mass is 14.4. The fourth-order valence-corrected chi connectivity index (χ4v) is 1.03. The van der Waals surface area contributed by atoms with E-state index in [1.54, 1.807) is 0 Å². The Bertz CT molecular complexity index is 114. The van der Waals surface area contributed by atoms with Crippen molar-refractivity contribution in [1.29, 1.82) is 5.41 Å². The van der Waals surface area contributed by atoms with E-state index in [0.717, 1.165) is 11.6 Å². The number of rotatable bonds is 3. The summed E-state index contributed by atoms with van der Waals surface area (Å²) in [6.45, 7) is 4.06. The Hall–Kier alpha value is -0.330. The van der Waals surface area contributed by atoms with Gasteiger partial charge in [-0.05, 0) is 25.2 Å². The summed E-state index contributed by atoms with van der Waals surface area (Å²) in [5, 5.41) is 7.32. The molecule has 9 heavy (non-hydrogen) atoms. The molecule has 1 fully saturated rings. The first-order valence-corrected chi connectivity index (χ1v) is 3.75. The number of hydrogen-bond donors (Lipinski definition) is 1. The summed E-state index contributed by atoms with van der Waals surface area (Å²) in [5.41, 5.74) is 0.849. The first-order valence-electron chi connectivity index (χ1n) is 3.75. The zero-order valence-corrected chi connectivity index (χ0v) is 6.28. The molecule has 52 valence electrons. The molecule has 1 N–H and O–H groups in total. The van der Waals surface area contributed by atoms with Gasteiger partial charge in [-0.25, -0.2) is 0 Å². The summed E-state index contributed by atoms with van der Waals surface area (Å²) in [6, 6.07) is 0. The van der Waals surface area contributed by atoms with E-state index >= 15 is 0 Å². The first kappa shape index (κ1) is 6.79. The second kappa shape index (κ2) is 2.51. The smallest absolute Gasteiger partial charge is 0.00864 e. The van der Waals surface area contributed by atoms with Crippen molar-refractivity contribution in [3.8, 4) is 0 Å². The molecule has 0 aromatic heterocycles. The van der Waals surface area contributed by atoms with Gasteiger partial charge in [-0.15, -0.1) is 0 Å². The maximum atomic E-state index is 7.32. The Kier molecular flexibility index (Phi) is 1.89. The maximum Gasteiger partial charge on any atom is 0.00864 e. The maximum absolute atomic E-state index is 7.32. The third-order valence-corrected chi connectivity index (χ3v) is 2.12. The van der Waals surface area contributed by atoms with E-state index < -0.39 is 0 Å². The zero-order chi connectivity index (χ0) is 6.85. The molecule has 0 saturated heterocycles. The average molecular weight is 125 g/mol. The Labute approximate surface area is 57.0 Å². The molecule has 0 radical (unpaired) electrons. The second-order valence-corrected chi connectivity index (χ2v) is 3.26. The fraction of sp³-hybridized carbons (Fsp3) is 0.875. The predicted octanol–water partition coefficient (Wildman–Crippen LogP) is 2.46. The van der Waals surface area contributed by atoms with Gasteiger partial charge >= 0.3 is 0 Å². The molecule has 1 atom stereocenters. The summed E-state index contributed by atoms with van der Waals surface area (Å²) in [6.07, 6.45) is 4.09. The lowest BCUT2D eigenvalue weighted by molar-refractivity contribution is 0.615. The zero-order valence-electron chi connectivity index (χ0n) is 6.28. The Morgan fingerprint density at radius 2 is 2.22 bits per heavy atom. The van der Waals surface area contributed by atoms with Crippen LogP contribution >= 0.6 is 0 Å². The molecular formula is C8H15N. The van der Waals surface area contributed by atoms with Crippen molar-refractivity contribution in [2.45, 2.75) is 33.1 Å². The summed E-state index contributed by atoms with van der Waals surface area (Å²) in [4.78, 5) is 0. The highest BCUT2D eigenvalue weighted by Crippen LogP contribution is 2.35. The van der Waals surface area contributed by atoms with E-state index in [2.05, 4.69) is 6.92 Å². The van der Waals surface area contributed by atoms with Gasteiger partial charge in [-0.3, -0.25) is 0 Å². The molecule has 0 spiro atoms. The van der Waals surface area contributed by atoms with E-state index in [1.165, 1.54) is 19.3 Å². The van der Waals surface area contributed by atoms with Crippen molar-refractivity contribution in [3.63, 3.8) is 0 Å². The lowest BCUT2D eigenvalue weighted by Gasteiger charge is -2.06. The van der Waals surface area contributed by atoms with Gasteiger partial charge in [0.05, 0.1) is 0 Å². The largest absolute Gasteiger partial charge is 0.310 e. The Morgan fingerprint density at radius 1 is 1.67 bits per heavy atom. The lowest BCUT2D eigenvalue weighted by Crippen LogP contribution is -2.05. The third-order valence-electron chi connectivity index (χ3n) is 2.12. The van der Waals surface area contributed by atoms with E-state index in [1.807, 2.05) is 6.92 Å². The highest BCUT2D eigenvalue weighted by molar-refractivity contribution is 5.80. The minimum Gasteiger partial charge on any atom is -0.310 e. The van der Waals surface area contributed by atoms with Crippen molar-refractivity contribution in [2.75, 3.05) is 0 Å². The first-order chi connectivity index (χ1) is 4.20. The van der Waals surface area contributed by atoms with Crippen LogP contribution in [0.2, 0.25) is 0 Å². The van der Waals surface area contributed by atoms with Crippen molar-refractivity contribution in [1.82, 2.24) is 0 Å². The van der Waals surface area contributed by atoms with Gasteiger partial charge in [0.15, 0.2) is 0 Å². The molecule has 0 amide bonds. The van der Waals surface area contributed by atoms with Crippen LogP contribution in [-0.4, -0.2) is 5.71 Å². The molecule has 1 rings (SSSR count). The average Bonchev–Trinajstić information content (AvgIpc) is 2.50. The highest BCUT2D eigenvalue weighted by Gasteiger charge is 2.23. The molecule has 0 aromatic carbocycles. The van der Waals surface area contributed by atoms with Crippen LogP contribution in [0.1, 0.15) is 33.1 Å². The minimum atomic E-state index is 0.539. The van der Waals surface area contributed by atoms with E-state index in [4.69, 9.17) is 5.41 Å². The normalized spacial score (nSPS) is 21.6. The van der Waals surface area contributed by atoms with Gasteiger partial charge < -0.3 is 5.41 Å². The summed E-state index contributed by atoms with van der Waals surface area (Å²) >= 11 is 0. The van der Waals surface area contributed by atoms with Crippen molar-refractivity contribution in [2.24, 2.45) is 11.8 Å². The SMILES string of the molecule is CC(=N)C(C)CC1CC1. The molecule has 1 heteroatoms. The van der Waals surface area contributed by atoms with E-state index in [0.29, 0.717) is 5.92 Å². The minimum absolute atomic E-state index is 0.539. The molecule has 1 nitrogen and oxygen atoms in total. The van der Waals surface area contributed by atoms with Crippen LogP contribution in [0.4, 0.5) is 0 Å². The van der Waals surface area contributed by atoms with Gasteiger partial charge in [0.25, 0.3) is 0 Å². The topological polar surface area (TPSA) is 23.9 Å². The standard InChI is InChI=1S/C8H15N/c1-6(7(2)9)5-8-3-4-8/h6,8-9H,3-5H2,1-2H3. The monoisotopic (exact) mass is 125 g/mol. The molecular weight excluding hydrogens is 110 g/mol. The Morgan fingerprint density at radius 3 is 2.56 bits per heavy atom. The van der Waals surface area contributed by atoms with Gasteiger partial charge in [0.2, 0.25) is 0 Å². The van der Waals surface area contributed by atoms with Gasteiger partial charge in [-0.1, -0.05) is 19.8 Å². The molecule has 1 aliphatic rings. The lowest BCUT2D eigenvalue weighted by atomic mass is 10.0. The summed E-state index contributed by atoms with van der Waals surface area (Å²) in [7, 11) is 0. The van der Waals surface area contributed by atoms with Crippen molar-refractivity contribution in [3.05, 3.63) is 0 Å². The quantitative estimate of drug-likeness (QED) is 0.560. The van der Waals surface area contributed by atoms with Gasteiger partial charge in [-0.2, -0.15) is 0 Å². The molecule has 0 aliphatic heterocycles. The molecule has 0 heterocycles. The molecule has 0 bridgehead atoms. The van der Waals surface area contributed by atoms with E-state index in [-0.39, 0.29) is 0 Å². The second-order valence-electron chi connectivity index (χ2n) is 3.26. The Balaban J connectivity index is 2.16. The molecule has 0 aromatic rings. The van der Waals surface area contributed by atoms with Crippen LogP contribution in [0.3, 0.4) is 0 Å². The third kappa shape index (κ3) is 2.17. The van der Waals surface area contributed by atoms with Crippen LogP contribution in [0.25, 0.3) is 0 Å². The van der Waals surface area contributed by atoms with E-state index in [9.17, 15) is 0 Å². The predicted molar refractivity (Wildman–Crippen MR) is 39.9 cm³/mol. The fourth-order valence-electron chi connectivity index (χ4n) is 1.03. The van der Waals surface area contributed by atoms with Crippen LogP contribution in [0, 0.1) is 17.2 Å². The van der Waals surface area contributed by atoms with Crippen LogP contribution in [0.15, 0.2) is 0 Å². The van der Waals surface area contributed by atoms with Crippen LogP contribution < -0.4 is 0 Å². The molecule has 1 saturated carbocycles. The summed E-state index contributed by atoms with van der Waals surface area (Å²) in [5.74, 6) is 1.51. The van der Waals surface area contributed by atoms with Crippen molar-refractivity contribution < 1.29 is 0 Å². The van der Waals surface area contributed by atoms with Gasteiger partial charge in [0.1, 0.15) is 0 Å². The van der Waals surface area contributed by atoms with Gasteiger partial charge in [0, 0.05) is 5.71 Å². The molecule has 1 unspecified atom stereocenters. The van der Waals surface area contributed by atoms with Crippen molar-refractivity contribution >= 4 is 5.71 Å². The summed E-state index contributed by atoms with van der Waals surface area (Å²) < 4.78 is 0. The number of hydrogen-bond acceptors (Lipinski definition) is 1.